The lowest BCUT2D eigenvalue weighted by atomic mass is 10.00. The molecule has 2 atom stereocenters. The summed E-state index contributed by atoms with van der Waals surface area (Å²) in [6.07, 6.45) is 3.10. The molecule has 6 heteroatoms. The molecule has 24 heavy (non-hydrogen) atoms. The number of rotatable bonds is 6. The highest BCUT2D eigenvalue weighted by atomic mass is 16.4. The van der Waals surface area contributed by atoms with E-state index < -0.39 is 12.0 Å². The molecule has 1 saturated heterocycles. The molecular weight excluding hydrogens is 306 g/mol. The lowest BCUT2D eigenvalue weighted by molar-refractivity contribution is -0.139. The summed E-state index contributed by atoms with van der Waals surface area (Å²) >= 11 is 0. The molecule has 1 fully saturated rings. The van der Waals surface area contributed by atoms with Crippen molar-refractivity contribution in [1.82, 2.24) is 15.5 Å². The Kier molecular flexibility index (Phi) is 5.48. The van der Waals surface area contributed by atoms with E-state index in [0.29, 0.717) is 19.4 Å². The predicted octanol–water partition coefficient (Wildman–Crippen LogP) is 0.756. The van der Waals surface area contributed by atoms with Crippen LogP contribution in [-0.2, 0) is 22.6 Å². The van der Waals surface area contributed by atoms with Gasteiger partial charge in [-0.15, -0.1) is 0 Å². The number of fused-ring (bicyclic) bond motifs is 1. The summed E-state index contributed by atoms with van der Waals surface area (Å²) in [5, 5.41) is 14.7. The molecular formula is C18H25N3O3. The Hall–Kier alpha value is -1.92. The number of carbonyl (C=O) groups is 2. The average molecular weight is 331 g/mol. The SMILES string of the molecule is O=C(O)[C@@H]1CC[C@H](C(=O)NCCCN2CCc3ccccc3C2)N1. The van der Waals surface area contributed by atoms with Crippen molar-refractivity contribution in [3.8, 4) is 0 Å². The number of aliphatic carboxylic acids is 1. The second-order valence-corrected chi connectivity index (χ2v) is 6.63. The summed E-state index contributed by atoms with van der Waals surface area (Å²) in [5.41, 5.74) is 2.85. The molecule has 2 aliphatic rings. The van der Waals surface area contributed by atoms with Gasteiger partial charge in [0, 0.05) is 26.2 Å². The Labute approximate surface area is 142 Å². The zero-order chi connectivity index (χ0) is 16.9. The number of benzene rings is 1. The van der Waals surface area contributed by atoms with Crippen LogP contribution >= 0.6 is 0 Å². The van der Waals surface area contributed by atoms with Crippen LogP contribution in [-0.4, -0.2) is 53.6 Å². The molecule has 6 nitrogen and oxygen atoms in total. The first-order valence-corrected chi connectivity index (χ1v) is 8.69. The van der Waals surface area contributed by atoms with Gasteiger partial charge in [-0.2, -0.15) is 0 Å². The number of hydrogen-bond donors (Lipinski definition) is 3. The third kappa shape index (κ3) is 4.13. The topological polar surface area (TPSA) is 81.7 Å². The van der Waals surface area contributed by atoms with Gasteiger partial charge in [-0.25, -0.2) is 0 Å². The number of carboxylic acid groups (broad SMARTS) is 1. The minimum absolute atomic E-state index is 0.0808. The van der Waals surface area contributed by atoms with Gasteiger partial charge < -0.3 is 10.4 Å². The molecule has 0 aliphatic carbocycles. The molecule has 0 saturated carbocycles. The zero-order valence-corrected chi connectivity index (χ0v) is 13.8. The molecule has 2 heterocycles. The Bertz CT molecular complexity index is 605. The van der Waals surface area contributed by atoms with Gasteiger partial charge in [0.1, 0.15) is 6.04 Å². The summed E-state index contributed by atoms with van der Waals surface area (Å²) in [7, 11) is 0. The van der Waals surface area contributed by atoms with E-state index in [9.17, 15) is 9.59 Å². The van der Waals surface area contributed by atoms with Gasteiger partial charge in [0.2, 0.25) is 5.91 Å². The van der Waals surface area contributed by atoms with E-state index in [0.717, 1.165) is 32.5 Å². The van der Waals surface area contributed by atoms with Gasteiger partial charge in [-0.05, 0) is 36.8 Å². The third-order valence-electron chi connectivity index (χ3n) is 4.92. The van der Waals surface area contributed by atoms with Gasteiger partial charge in [-0.1, -0.05) is 24.3 Å². The number of nitrogens with zero attached hydrogens (tertiary/aromatic N) is 1. The van der Waals surface area contributed by atoms with Gasteiger partial charge in [0.25, 0.3) is 0 Å². The molecule has 2 aliphatic heterocycles. The van der Waals surface area contributed by atoms with Crippen LogP contribution in [0.25, 0.3) is 0 Å². The first-order valence-electron chi connectivity index (χ1n) is 8.69. The fraction of sp³-hybridized carbons (Fsp3) is 0.556. The van der Waals surface area contributed by atoms with Crippen LogP contribution in [0.3, 0.4) is 0 Å². The maximum Gasteiger partial charge on any atom is 0.320 e. The Balaban J connectivity index is 1.34. The summed E-state index contributed by atoms with van der Waals surface area (Å²) in [5.74, 6) is -0.960. The van der Waals surface area contributed by atoms with Crippen LogP contribution in [0.4, 0.5) is 0 Å². The van der Waals surface area contributed by atoms with Crippen LogP contribution in [0.15, 0.2) is 24.3 Å². The second-order valence-electron chi connectivity index (χ2n) is 6.63. The maximum absolute atomic E-state index is 12.0. The molecule has 0 spiro atoms. The standard InChI is InChI=1S/C18H25N3O3/c22-17(15-6-7-16(20-15)18(23)24)19-9-3-10-21-11-8-13-4-1-2-5-14(13)12-21/h1-2,4-5,15-16,20H,3,6-12H2,(H,19,22)(H,23,24)/t15-,16+/m1/s1. The molecule has 0 unspecified atom stereocenters. The quantitative estimate of drug-likeness (QED) is 0.671. The van der Waals surface area contributed by atoms with Crippen molar-refractivity contribution in [2.75, 3.05) is 19.6 Å². The highest BCUT2D eigenvalue weighted by Crippen LogP contribution is 2.18. The van der Waals surface area contributed by atoms with E-state index >= 15 is 0 Å². The van der Waals surface area contributed by atoms with Gasteiger partial charge >= 0.3 is 5.97 Å². The fourth-order valence-electron chi connectivity index (χ4n) is 3.53. The van der Waals surface area contributed by atoms with Crippen LogP contribution in [0, 0.1) is 0 Å². The van der Waals surface area contributed by atoms with Crippen molar-refractivity contribution in [1.29, 1.82) is 0 Å². The number of amides is 1. The number of carboxylic acids is 1. The highest BCUT2D eigenvalue weighted by Gasteiger charge is 2.32. The molecule has 3 N–H and O–H groups in total. The molecule has 0 aromatic heterocycles. The predicted molar refractivity (Wildman–Crippen MR) is 90.6 cm³/mol. The Morgan fingerprint density at radius 2 is 1.96 bits per heavy atom. The third-order valence-corrected chi connectivity index (χ3v) is 4.92. The largest absolute Gasteiger partial charge is 0.480 e. The van der Waals surface area contributed by atoms with Crippen molar-refractivity contribution in [2.45, 2.75) is 44.3 Å². The summed E-state index contributed by atoms with van der Waals surface area (Å²) < 4.78 is 0. The zero-order valence-electron chi connectivity index (χ0n) is 13.8. The van der Waals surface area contributed by atoms with E-state index in [2.05, 4.69) is 39.8 Å². The van der Waals surface area contributed by atoms with Crippen molar-refractivity contribution in [3.63, 3.8) is 0 Å². The monoisotopic (exact) mass is 331 g/mol. The Morgan fingerprint density at radius 3 is 2.71 bits per heavy atom. The molecule has 3 rings (SSSR count). The van der Waals surface area contributed by atoms with Gasteiger partial charge in [-0.3, -0.25) is 19.8 Å². The molecule has 0 bridgehead atoms. The molecule has 0 radical (unpaired) electrons. The highest BCUT2D eigenvalue weighted by molar-refractivity contribution is 5.84. The van der Waals surface area contributed by atoms with Crippen LogP contribution in [0.5, 0.6) is 0 Å². The lowest BCUT2D eigenvalue weighted by Crippen LogP contribution is -2.45. The van der Waals surface area contributed by atoms with E-state index in [1.165, 1.54) is 11.1 Å². The van der Waals surface area contributed by atoms with Crippen LogP contribution in [0.2, 0.25) is 0 Å². The van der Waals surface area contributed by atoms with Crippen LogP contribution in [0.1, 0.15) is 30.4 Å². The smallest absolute Gasteiger partial charge is 0.320 e. The first kappa shape index (κ1) is 16.9. The van der Waals surface area contributed by atoms with Crippen molar-refractivity contribution < 1.29 is 14.7 Å². The van der Waals surface area contributed by atoms with Crippen molar-refractivity contribution >= 4 is 11.9 Å². The molecule has 1 amide bonds. The van der Waals surface area contributed by atoms with Gasteiger partial charge in [0.05, 0.1) is 6.04 Å². The second kappa shape index (κ2) is 7.77. The lowest BCUT2D eigenvalue weighted by Gasteiger charge is -2.28. The Morgan fingerprint density at radius 1 is 1.21 bits per heavy atom. The summed E-state index contributed by atoms with van der Waals surface area (Å²) in [6, 6.07) is 7.61. The van der Waals surface area contributed by atoms with Crippen molar-refractivity contribution in [3.05, 3.63) is 35.4 Å². The van der Waals surface area contributed by atoms with Gasteiger partial charge in [0.15, 0.2) is 0 Å². The summed E-state index contributed by atoms with van der Waals surface area (Å²) in [4.78, 5) is 25.4. The molecule has 1 aromatic rings. The minimum Gasteiger partial charge on any atom is -0.480 e. The normalized spacial score (nSPS) is 23.7. The van der Waals surface area contributed by atoms with E-state index in [-0.39, 0.29) is 11.9 Å². The number of carbonyl (C=O) groups excluding carboxylic acids is 1. The maximum atomic E-state index is 12.0. The first-order chi connectivity index (χ1) is 11.6. The molecule has 1 aromatic carbocycles. The van der Waals surface area contributed by atoms with E-state index in [1.807, 2.05) is 0 Å². The molecule has 130 valence electrons. The number of hydrogen-bond acceptors (Lipinski definition) is 4. The average Bonchev–Trinajstić information content (AvgIpc) is 3.09. The van der Waals surface area contributed by atoms with Crippen molar-refractivity contribution in [2.24, 2.45) is 0 Å². The minimum atomic E-state index is -0.879. The van der Waals surface area contributed by atoms with Crippen LogP contribution < -0.4 is 10.6 Å². The van der Waals surface area contributed by atoms with E-state index in [1.54, 1.807) is 0 Å². The van der Waals surface area contributed by atoms with E-state index in [4.69, 9.17) is 5.11 Å². The number of nitrogens with one attached hydrogen (secondary N) is 2. The fourth-order valence-corrected chi connectivity index (χ4v) is 3.53. The summed E-state index contributed by atoms with van der Waals surface area (Å²) in [6.45, 7) is 3.64.